The maximum Gasteiger partial charge on any atom is 0.236 e. The van der Waals surface area contributed by atoms with Gasteiger partial charge in [-0.15, -0.1) is 0 Å². The van der Waals surface area contributed by atoms with Crippen molar-refractivity contribution in [2.24, 2.45) is 5.92 Å². The van der Waals surface area contributed by atoms with E-state index < -0.39 is 0 Å². The molecule has 0 spiro atoms. The minimum atomic E-state index is -0.0625. The number of rotatable bonds is 5. The molecule has 1 aliphatic heterocycles. The largest absolute Gasteiger partial charge is 0.368 e. The number of carbonyl (C=O) groups excluding carboxylic acids is 1. The molecule has 0 unspecified atom stereocenters. The second-order valence-electron chi connectivity index (χ2n) is 6.07. The van der Waals surface area contributed by atoms with E-state index in [-0.39, 0.29) is 11.8 Å². The van der Waals surface area contributed by atoms with Crippen LogP contribution in [0.1, 0.15) is 6.92 Å². The van der Waals surface area contributed by atoms with E-state index in [2.05, 4.69) is 11.0 Å². The normalized spacial score (nSPS) is 16.3. The molecule has 0 radical (unpaired) electrons. The first-order chi connectivity index (χ1) is 11.0. The van der Waals surface area contributed by atoms with Gasteiger partial charge in [-0.2, -0.15) is 5.26 Å². The minimum Gasteiger partial charge on any atom is -0.368 e. The van der Waals surface area contributed by atoms with Gasteiger partial charge in [-0.1, -0.05) is 17.7 Å². The summed E-state index contributed by atoms with van der Waals surface area (Å²) in [6, 6.07) is 10.00. The van der Waals surface area contributed by atoms with E-state index in [1.54, 1.807) is 0 Å². The number of hydrogen-bond acceptors (Lipinski definition) is 4. The Balaban J connectivity index is 1.82. The Kier molecular flexibility index (Phi) is 6.26. The quantitative estimate of drug-likeness (QED) is 0.827. The third kappa shape index (κ3) is 5.12. The monoisotopic (exact) mass is 334 g/mol. The molecule has 0 saturated carbocycles. The SMILES string of the molecule is C[C@@H](C#N)CN(C)CC(=O)N1CCN(c2cccc(Cl)c2)CC1. The third-order valence-corrected chi connectivity index (χ3v) is 4.25. The molecule has 1 heterocycles. The number of amides is 1. The molecule has 1 aromatic carbocycles. The van der Waals surface area contributed by atoms with Crippen molar-refractivity contribution in [3.63, 3.8) is 0 Å². The second-order valence-corrected chi connectivity index (χ2v) is 6.51. The van der Waals surface area contributed by atoms with Crippen LogP contribution in [0.25, 0.3) is 0 Å². The van der Waals surface area contributed by atoms with Crippen LogP contribution >= 0.6 is 11.6 Å². The Labute approximate surface area is 143 Å². The molecule has 0 aromatic heterocycles. The van der Waals surface area contributed by atoms with Gasteiger partial charge in [-0.3, -0.25) is 9.69 Å². The lowest BCUT2D eigenvalue weighted by molar-refractivity contribution is -0.132. The van der Waals surface area contributed by atoms with Crippen molar-refractivity contribution in [2.75, 3.05) is 51.2 Å². The second kappa shape index (κ2) is 8.19. The highest BCUT2D eigenvalue weighted by Gasteiger charge is 2.22. The number of nitrogens with zero attached hydrogens (tertiary/aromatic N) is 4. The van der Waals surface area contributed by atoms with Crippen LogP contribution in [-0.4, -0.2) is 62.0 Å². The fourth-order valence-corrected chi connectivity index (χ4v) is 2.98. The summed E-state index contributed by atoms with van der Waals surface area (Å²) in [6.45, 7) is 5.90. The van der Waals surface area contributed by atoms with Crippen LogP contribution in [0.5, 0.6) is 0 Å². The van der Waals surface area contributed by atoms with Crippen LogP contribution < -0.4 is 4.90 Å². The standard InChI is InChI=1S/C17H23ClN4O/c1-14(11-19)12-20(2)13-17(23)22-8-6-21(7-9-22)16-5-3-4-15(18)10-16/h3-5,10,14H,6-9,12-13H2,1-2H3/t14-/m0/s1. The van der Waals surface area contributed by atoms with Crippen molar-refractivity contribution >= 4 is 23.2 Å². The van der Waals surface area contributed by atoms with Gasteiger partial charge in [-0.05, 0) is 32.2 Å². The first-order valence-corrected chi connectivity index (χ1v) is 8.24. The number of hydrogen-bond donors (Lipinski definition) is 0. The van der Waals surface area contributed by atoms with Crippen LogP contribution in [0, 0.1) is 17.2 Å². The maximum atomic E-state index is 12.3. The summed E-state index contributed by atoms with van der Waals surface area (Å²) in [7, 11) is 1.88. The van der Waals surface area contributed by atoms with Crippen molar-refractivity contribution in [3.05, 3.63) is 29.3 Å². The van der Waals surface area contributed by atoms with Crippen molar-refractivity contribution in [1.82, 2.24) is 9.80 Å². The lowest BCUT2D eigenvalue weighted by Gasteiger charge is -2.36. The summed E-state index contributed by atoms with van der Waals surface area (Å²) in [5, 5.41) is 9.57. The average Bonchev–Trinajstić information content (AvgIpc) is 2.54. The Hall–Kier alpha value is -1.77. The first kappa shape index (κ1) is 17.6. The van der Waals surface area contributed by atoms with E-state index >= 15 is 0 Å². The Morgan fingerprint density at radius 1 is 1.39 bits per heavy atom. The van der Waals surface area contributed by atoms with Crippen molar-refractivity contribution < 1.29 is 4.79 Å². The van der Waals surface area contributed by atoms with Gasteiger partial charge in [0.1, 0.15) is 0 Å². The fourth-order valence-electron chi connectivity index (χ4n) is 2.79. The number of piperazine rings is 1. The van der Waals surface area contributed by atoms with Crippen LogP contribution in [0.3, 0.4) is 0 Å². The molecule has 2 rings (SSSR count). The number of likely N-dealkylation sites (N-methyl/N-ethyl adjacent to an activating group) is 1. The Morgan fingerprint density at radius 3 is 2.70 bits per heavy atom. The number of nitriles is 1. The fraction of sp³-hybridized carbons (Fsp3) is 0.529. The molecule has 1 fully saturated rings. The molecule has 0 bridgehead atoms. The molecule has 1 aliphatic rings. The van der Waals surface area contributed by atoms with Crippen LogP contribution in [0.15, 0.2) is 24.3 Å². The molecule has 5 nitrogen and oxygen atoms in total. The van der Waals surface area contributed by atoms with E-state index in [4.69, 9.17) is 16.9 Å². The zero-order chi connectivity index (χ0) is 16.8. The summed E-state index contributed by atoms with van der Waals surface area (Å²) in [5.74, 6) is 0.0656. The molecular weight excluding hydrogens is 312 g/mol. The highest BCUT2D eigenvalue weighted by Crippen LogP contribution is 2.20. The van der Waals surface area contributed by atoms with E-state index in [0.717, 1.165) is 23.8 Å². The van der Waals surface area contributed by atoms with Crippen LogP contribution in [0.4, 0.5) is 5.69 Å². The summed E-state index contributed by atoms with van der Waals surface area (Å²) >= 11 is 6.03. The van der Waals surface area contributed by atoms with Crippen LogP contribution in [-0.2, 0) is 4.79 Å². The van der Waals surface area contributed by atoms with Gasteiger partial charge in [0.2, 0.25) is 5.91 Å². The lowest BCUT2D eigenvalue weighted by Crippen LogP contribution is -2.51. The van der Waals surface area contributed by atoms with Gasteiger partial charge in [0.15, 0.2) is 0 Å². The van der Waals surface area contributed by atoms with Gasteiger partial charge in [0, 0.05) is 43.4 Å². The minimum absolute atomic E-state index is 0.0625. The third-order valence-electron chi connectivity index (χ3n) is 4.02. The number of benzene rings is 1. The molecule has 23 heavy (non-hydrogen) atoms. The molecule has 0 aliphatic carbocycles. The zero-order valence-corrected chi connectivity index (χ0v) is 14.5. The smallest absolute Gasteiger partial charge is 0.236 e. The average molecular weight is 335 g/mol. The van der Waals surface area contributed by atoms with Gasteiger partial charge in [0.05, 0.1) is 18.5 Å². The lowest BCUT2D eigenvalue weighted by atomic mass is 10.2. The van der Waals surface area contributed by atoms with Crippen molar-refractivity contribution in [1.29, 1.82) is 5.26 Å². The molecule has 1 atom stereocenters. The van der Waals surface area contributed by atoms with Gasteiger partial charge in [0.25, 0.3) is 0 Å². The molecule has 1 amide bonds. The van der Waals surface area contributed by atoms with Crippen molar-refractivity contribution in [3.8, 4) is 6.07 Å². The van der Waals surface area contributed by atoms with Gasteiger partial charge in [-0.25, -0.2) is 0 Å². The van der Waals surface area contributed by atoms with E-state index in [0.29, 0.717) is 26.2 Å². The molecule has 0 N–H and O–H groups in total. The van der Waals surface area contributed by atoms with Gasteiger partial charge >= 0.3 is 0 Å². The molecule has 1 aromatic rings. The number of halogens is 1. The summed E-state index contributed by atoms with van der Waals surface area (Å²) in [5.41, 5.74) is 1.10. The predicted molar refractivity (Wildman–Crippen MR) is 92.5 cm³/mol. The Bertz CT molecular complexity index is 578. The zero-order valence-electron chi connectivity index (χ0n) is 13.7. The highest BCUT2D eigenvalue weighted by molar-refractivity contribution is 6.30. The Morgan fingerprint density at radius 2 is 2.09 bits per heavy atom. The van der Waals surface area contributed by atoms with Crippen molar-refractivity contribution in [2.45, 2.75) is 6.92 Å². The summed E-state index contributed by atoms with van der Waals surface area (Å²) in [4.78, 5) is 18.4. The highest BCUT2D eigenvalue weighted by atomic mass is 35.5. The molecule has 1 saturated heterocycles. The molecular formula is C17H23ClN4O. The number of carbonyl (C=O) groups is 1. The van der Waals surface area contributed by atoms with Gasteiger partial charge < -0.3 is 9.80 Å². The summed E-state index contributed by atoms with van der Waals surface area (Å²) < 4.78 is 0. The van der Waals surface area contributed by atoms with Crippen LogP contribution in [0.2, 0.25) is 5.02 Å². The topological polar surface area (TPSA) is 50.6 Å². The van der Waals surface area contributed by atoms with E-state index in [1.807, 2.05) is 48.0 Å². The first-order valence-electron chi connectivity index (χ1n) is 7.86. The molecule has 6 heteroatoms. The number of anilines is 1. The molecule has 124 valence electrons. The maximum absolute atomic E-state index is 12.3. The predicted octanol–water partition coefficient (Wildman–Crippen LogP) is 2.08. The van der Waals surface area contributed by atoms with E-state index in [1.165, 1.54) is 0 Å². The van der Waals surface area contributed by atoms with E-state index in [9.17, 15) is 4.79 Å². The summed E-state index contributed by atoms with van der Waals surface area (Å²) in [6.07, 6.45) is 0.